The van der Waals surface area contributed by atoms with Crippen molar-refractivity contribution in [3.8, 4) is 0 Å². The van der Waals surface area contributed by atoms with E-state index >= 15 is 0 Å². The van der Waals surface area contributed by atoms with Gasteiger partial charge in [-0.2, -0.15) is 0 Å². The van der Waals surface area contributed by atoms with Gasteiger partial charge in [0.05, 0.1) is 0 Å². The molecule has 21 heavy (non-hydrogen) atoms. The maximum Gasteiger partial charge on any atom is 0.254 e. The molecule has 0 fully saturated rings. The number of hydrogen-bond acceptors (Lipinski definition) is 2. The lowest BCUT2D eigenvalue weighted by atomic mass is 10.0. The molecule has 0 aliphatic rings. The van der Waals surface area contributed by atoms with Crippen LogP contribution >= 0.6 is 0 Å². The quantitative estimate of drug-likeness (QED) is 0.876. The molecule has 0 aromatic heterocycles. The van der Waals surface area contributed by atoms with Crippen molar-refractivity contribution >= 4 is 11.6 Å². The van der Waals surface area contributed by atoms with Gasteiger partial charge in [-0.25, -0.2) is 0 Å². The van der Waals surface area contributed by atoms with E-state index < -0.39 is 0 Å². The number of anilines is 1. The van der Waals surface area contributed by atoms with E-state index in [1.165, 1.54) is 11.1 Å². The molecule has 3 heteroatoms. The molecule has 2 N–H and O–H groups in total. The lowest BCUT2D eigenvalue weighted by molar-refractivity contribution is 0.0784. The van der Waals surface area contributed by atoms with Gasteiger partial charge in [-0.05, 0) is 49.6 Å². The van der Waals surface area contributed by atoms with E-state index in [0.29, 0.717) is 17.8 Å². The number of nitrogens with two attached hydrogens (primary N) is 1. The number of hydrogen-bond donors (Lipinski definition) is 1. The summed E-state index contributed by atoms with van der Waals surface area (Å²) in [5.41, 5.74) is 11.6. The van der Waals surface area contributed by atoms with Crippen LogP contribution in [0.2, 0.25) is 0 Å². The molecule has 0 unspecified atom stereocenters. The van der Waals surface area contributed by atoms with Crippen LogP contribution in [0.1, 0.15) is 32.6 Å². The Morgan fingerprint density at radius 1 is 1.05 bits per heavy atom. The van der Waals surface area contributed by atoms with Gasteiger partial charge < -0.3 is 10.6 Å². The Balaban J connectivity index is 2.21. The fourth-order valence-corrected chi connectivity index (χ4v) is 2.43. The number of benzene rings is 2. The summed E-state index contributed by atoms with van der Waals surface area (Å²) in [5.74, 6) is -0.000208. The van der Waals surface area contributed by atoms with Gasteiger partial charge in [-0.3, -0.25) is 4.79 Å². The van der Waals surface area contributed by atoms with E-state index in [2.05, 4.69) is 32.0 Å². The third kappa shape index (κ3) is 3.43. The van der Waals surface area contributed by atoms with E-state index in [0.717, 1.165) is 11.1 Å². The zero-order valence-electron chi connectivity index (χ0n) is 13.1. The number of aryl methyl sites for hydroxylation is 3. The zero-order valence-corrected chi connectivity index (χ0v) is 13.1. The molecule has 0 radical (unpaired) electrons. The Morgan fingerprint density at radius 2 is 1.76 bits per heavy atom. The average Bonchev–Trinajstić information content (AvgIpc) is 2.43. The highest BCUT2D eigenvalue weighted by Gasteiger charge is 2.15. The topological polar surface area (TPSA) is 46.3 Å². The summed E-state index contributed by atoms with van der Waals surface area (Å²) >= 11 is 0. The Hall–Kier alpha value is -2.29. The Morgan fingerprint density at radius 3 is 2.43 bits per heavy atom. The lowest BCUT2D eigenvalue weighted by Gasteiger charge is -2.20. The van der Waals surface area contributed by atoms with Crippen molar-refractivity contribution in [1.82, 2.24) is 4.90 Å². The lowest BCUT2D eigenvalue weighted by Crippen LogP contribution is -2.27. The van der Waals surface area contributed by atoms with Gasteiger partial charge in [0.2, 0.25) is 0 Å². The van der Waals surface area contributed by atoms with Crippen molar-refractivity contribution in [1.29, 1.82) is 0 Å². The van der Waals surface area contributed by atoms with Crippen molar-refractivity contribution in [3.63, 3.8) is 0 Å². The Labute approximate surface area is 126 Å². The number of amides is 1. The van der Waals surface area contributed by atoms with Crippen LogP contribution in [0, 0.1) is 20.8 Å². The highest BCUT2D eigenvalue weighted by Crippen LogP contribution is 2.17. The number of nitrogen functional groups attached to an aromatic ring is 1. The maximum atomic E-state index is 12.6. The molecule has 2 rings (SSSR count). The van der Waals surface area contributed by atoms with E-state index in [9.17, 15) is 4.79 Å². The van der Waals surface area contributed by atoms with Crippen LogP contribution < -0.4 is 5.73 Å². The van der Waals surface area contributed by atoms with Crippen molar-refractivity contribution in [3.05, 3.63) is 64.2 Å². The van der Waals surface area contributed by atoms with Crippen LogP contribution in [0.15, 0.2) is 36.4 Å². The molecule has 0 atom stereocenters. The highest BCUT2D eigenvalue weighted by molar-refractivity contribution is 5.96. The number of rotatable bonds is 3. The van der Waals surface area contributed by atoms with Crippen molar-refractivity contribution in [2.75, 3.05) is 12.8 Å². The summed E-state index contributed by atoms with van der Waals surface area (Å²) in [5, 5.41) is 0. The Bertz CT molecular complexity index is 677. The minimum absolute atomic E-state index is 0.000208. The molecule has 2 aromatic carbocycles. The predicted octanol–water partition coefficient (Wildman–Crippen LogP) is 3.47. The highest BCUT2D eigenvalue weighted by atomic mass is 16.2. The fraction of sp³-hybridized carbons (Fsp3) is 0.278. The first-order valence-electron chi connectivity index (χ1n) is 7.06. The van der Waals surface area contributed by atoms with Gasteiger partial charge in [0.15, 0.2) is 0 Å². The maximum absolute atomic E-state index is 12.6. The molecule has 0 saturated heterocycles. The SMILES string of the molecule is Cc1ccc(CN(C)C(=O)c2cc(N)ccc2C)c(C)c1. The van der Waals surface area contributed by atoms with Crippen molar-refractivity contribution in [2.45, 2.75) is 27.3 Å². The van der Waals surface area contributed by atoms with Crippen LogP contribution in [0.3, 0.4) is 0 Å². The number of carbonyl (C=O) groups excluding carboxylic acids is 1. The zero-order chi connectivity index (χ0) is 15.6. The molecular formula is C18H22N2O. The van der Waals surface area contributed by atoms with Crippen LogP contribution in [0.25, 0.3) is 0 Å². The molecule has 1 amide bonds. The fourth-order valence-electron chi connectivity index (χ4n) is 2.43. The molecule has 0 saturated carbocycles. The molecule has 2 aromatic rings. The first-order valence-corrected chi connectivity index (χ1v) is 7.06. The second kappa shape index (κ2) is 6.00. The summed E-state index contributed by atoms with van der Waals surface area (Å²) in [6, 6.07) is 11.7. The molecule has 0 heterocycles. The van der Waals surface area contributed by atoms with Crippen molar-refractivity contribution < 1.29 is 4.79 Å². The molecule has 0 spiro atoms. The normalized spacial score (nSPS) is 10.5. The minimum atomic E-state index is -0.000208. The molecular weight excluding hydrogens is 260 g/mol. The average molecular weight is 282 g/mol. The molecule has 110 valence electrons. The standard InChI is InChI=1S/C18H22N2O/c1-12-5-7-15(14(3)9-12)11-20(4)18(21)17-10-16(19)8-6-13(17)2/h5-10H,11,19H2,1-4H3. The second-order valence-corrected chi connectivity index (χ2v) is 5.67. The first-order chi connectivity index (χ1) is 9.88. The first kappa shape index (κ1) is 15.1. The van der Waals surface area contributed by atoms with Crippen LogP contribution in [0.5, 0.6) is 0 Å². The van der Waals surface area contributed by atoms with E-state index in [4.69, 9.17) is 5.73 Å². The third-order valence-electron chi connectivity index (χ3n) is 3.74. The summed E-state index contributed by atoms with van der Waals surface area (Å²) < 4.78 is 0. The minimum Gasteiger partial charge on any atom is -0.399 e. The van der Waals surface area contributed by atoms with Crippen LogP contribution in [-0.4, -0.2) is 17.9 Å². The predicted molar refractivity (Wildman–Crippen MR) is 87.3 cm³/mol. The van der Waals surface area contributed by atoms with Gasteiger partial charge in [0, 0.05) is 24.8 Å². The van der Waals surface area contributed by atoms with Crippen LogP contribution in [-0.2, 0) is 6.54 Å². The van der Waals surface area contributed by atoms with E-state index in [1.54, 1.807) is 11.0 Å². The molecule has 0 aliphatic carbocycles. The van der Waals surface area contributed by atoms with E-state index in [-0.39, 0.29) is 5.91 Å². The van der Waals surface area contributed by atoms with E-state index in [1.807, 2.05) is 26.1 Å². The van der Waals surface area contributed by atoms with Crippen LogP contribution in [0.4, 0.5) is 5.69 Å². The molecule has 0 aliphatic heterocycles. The van der Waals surface area contributed by atoms with Gasteiger partial charge in [-0.15, -0.1) is 0 Å². The van der Waals surface area contributed by atoms with Gasteiger partial charge >= 0.3 is 0 Å². The van der Waals surface area contributed by atoms with Gasteiger partial charge in [-0.1, -0.05) is 29.8 Å². The largest absolute Gasteiger partial charge is 0.399 e. The summed E-state index contributed by atoms with van der Waals surface area (Å²) in [6.45, 7) is 6.67. The molecule has 0 bridgehead atoms. The smallest absolute Gasteiger partial charge is 0.254 e. The van der Waals surface area contributed by atoms with Crippen molar-refractivity contribution in [2.24, 2.45) is 0 Å². The third-order valence-corrected chi connectivity index (χ3v) is 3.74. The molecule has 3 nitrogen and oxygen atoms in total. The number of carbonyl (C=O) groups is 1. The summed E-state index contributed by atoms with van der Waals surface area (Å²) in [7, 11) is 1.82. The Kier molecular flexibility index (Phi) is 4.32. The second-order valence-electron chi connectivity index (χ2n) is 5.67. The number of nitrogens with zero attached hydrogens (tertiary/aromatic N) is 1. The monoisotopic (exact) mass is 282 g/mol. The van der Waals surface area contributed by atoms with Gasteiger partial charge in [0.25, 0.3) is 5.91 Å². The van der Waals surface area contributed by atoms with Gasteiger partial charge in [0.1, 0.15) is 0 Å². The summed E-state index contributed by atoms with van der Waals surface area (Å²) in [4.78, 5) is 14.3. The summed E-state index contributed by atoms with van der Waals surface area (Å²) in [6.07, 6.45) is 0.